The molecule has 4 rings (SSSR count). The average Bonchev–Trinajstić information content (AvgIpc) is 3.50. The highest BCUT2D eigenvalue weighted by Crippen LogP contribution is 2.31. The van der Waals surface area contributed by atoms with E-state index >= 15 is 0 Å². The molecule has 1 fully saturated rings. The van der Waals surface area contributed by atoms with Gasteiger partial charge < -0.3 is 10.6 Å². The fraction of sp³-hybridized carbons (Fsp3) is 0.261. The van der Waals surface area contributed by atoms with Gasteiger partial charge in [0.25, 0.3) is 0 Å². The van der Waals surface area contributed by atoms with Crippen LogP contribution in [-0.2, 0) is 9.59 Å². The van der Waals surface area contributed by atoms with Crippen molar-refractivity contribution < 1.29 is 9.59 Å². The van der Waals surface area contributed by atoms with Crippen LogP contribution in [0.2, 0.25) is 0 Å². The van der Waals surface area contributed by atoms with Crippen LogP contribution >= 0.6 is 23.1 Å². The molecule has 0 radical (unpaired) electrons. The fourth-order valence-corrected chi connectivity index (χ4v) is 4.45. The average molecular weight is 438 g/mol. The maximum atomic E-state index is 12.6. The minimum absolute atomic E-state index is 0.0871. The Morgan fingerprint density at radius 3 is 2.43 bits per heavy atom. The van der Waals surface area contributed by atoms with Gasteiger partial charge in [-0.1, -0.05) is 29.8 Å². The Bertz CT molecular complexity index is 1040. The third-order valence-corrected chi connectivity index (χ3v) is 6.70. The first-order chi connectivity index (χ1) is 14.5. The smallest absolute Gasteiger partial charge is 0.239 e. The fourth-order valence-electron chi connectivity index (χ4n) is 2.86. The Labute approximate surface area is 184 Å². The van der Waals surface area contributed by atoms with E-state index in [4.69, 9.17) is 0 Å². The van der Waals surface area contributed by atoms with Crippen LogP contribution in [0, 0.1) is 12.8 Å². The number of carbonyl (C=O) groups excluding carboxylic acids is 2. The van der Waals surface area contributed by atoms with E-state index in [9.17, 15) is 9.59 Å². The third-order valence-electron chi connectivity index (χ3n) is 4.83. The zero-order valence-electron chi connectivity index (χ0n) is 16.8. The highest BCUT2D eigenvalue weighted by molar-refractivity contribution is 8.00. The van der Waals surface area contributed by atoms with Gasteiger partial charge >= 0.3 is 0 Å². The van der Waals surface area contributed by atoms with Crippen LogP contribution in [0.25, 0.3) is 11.3 Å². The van der Waals surface area contributed by atoms with Crippen LogP contribution in [0.1, 0.15) is 25.3 Å². The van der Waals surface area contributed by atoms with Crippen molar-refractivity contribution in [3.8, 4) is 11.3 Å². The van der Waals surface area contributed by atoms with Crippen molar-refractivity contribution in [3.63, 3.8) is 0 Å². The molecule has 0 saturated heterocycles. The predicted molar refractivity (Wildman–Crippen MR) is 124 cm³/mol. The maximum absolute atomic E-state index is 12.6. The van der Waals surface area contributed by atoms with Crippen molar-refractivity contribution >= 4 is 45.7 Å². The number of anilines is 2. The van der Waals surface area contributed by atoms with Gasteiger partial charge in [-0.25, -0.2) is 4.98 Å². The molecular weight excluding hydrogens is 414 g/mol. The highest BCUT2D eigenvalue weighted by atomic mass is 32.2. The topological polar surface area (TPSA) is 71.1 Å². The molecule has 1 heterocycles. The molecule has 2 aromatic carbocycles. The summed E-state index contributed by atoms with van der Waals surface area (Å²) in [5.74, 6) is 0.188. The number of rotatable bonds is 7. The van der Waals surface area contributed by atoms with E-state index in [0.717, 1.165) is 34.7 Å². The number of benzene rings is 2. The van der Waals surface area contributed by atoms with Crippen molar-refractivity contribution in [3.05, 3.63) is 59.5 Å². The van der Waals surface area contributed by atoms with Gasteiger partial charge in [-0.15, -0.1) is 23.1 Å². The highest BCUT2D eigenvalue weighted by Gasteiger charge is 2.29. The van der Waals surface area contributed by atoms with Gasteiger partial charge in [0.15, 0.2) is 5.13 Å². The molecule has 1 aliphatic carbocycles. The molecule has 5 nitrogen and oxygen atoms in total. The molecule has 154 valence electrons. The number of carbonyl (C=O) groups is 2. The minimum atomic E-state index is -0.274. The molecule has 7 heteroatoms. The molecule has 1 saturated carbocycles. The number of nitrogens with one attached hydrogen (secondary N) is 2. The lowest BCUT2D eigenvalue weighted by atomic mass is 10.1. The van der Waals surface area contributed by atoms with E-state index in [1.807, 2.05) is 67.8 Å². The summed E-state index contributed by atoms with van der Waals surface area (Å²) >= 11 is 2.90. The Hall–Kier alpha value is -2.64. The standard InChI is InChI=1S/C23H23N3O2S2/c1-14-3-5-16(6-4-14)20-13-29-23(25-20)26-21(27)15(2)30-19-11-9-18(10-12-19)24-22(28)17-7-8-17/h3-6,9-13,15,17H,7-8H2,1-2H3,(H,24,28)(H,25,26,27). The molecule has 30 heavy (non-hydrogen) atoms. The largest absolute Gasteiger partial charge is 0.326 e. The number of aryl methyl sites for hydroxylation is 1. The monoisotopic (exact) mass is 437 g/mol. The van der Waals surface area contributed by atoms with E-state index in [2.05, 4.69) is 15.6 Å². The Balaban J connectivity index is 1.31. The second-order valence-electron chi connectivity index (χ2n) is 7.44. The molecule has 0 spiro atoms. The summed E-state index contributed by atoms with van der Waals surface area (Å²) in [5, 5.41) is 8.11. The molecule has 3 aromatic rings. The van der Waals surface area contributed by atoms with Gasteiger partial charge in [0.1, 0.15) is 0 Å². The third kappa shape index (κ3) is 5.29. The normalized spacial score (nSPS) is 14.2. The second kappa shape index (κ2) is 9.02. The number of aromatic nitrogens is 1. The van der Waals surface area contributed by atoms with E-state index in [0.29, 0.717) is 5.13 Å². The summed E-state index contributed by atoms with van der Waals surface area (Å²) in [6.07, 6.45) is 1.97. The van der Waals surface area contributed by atoms with E-state index in [-0.39, 0.29) is 23.0 Å². The van der Waals surface area contributed by atoms with E-state index in [1.165, 1.54) is 28.7 Å². The molecular formula is C23H23N3O2S2. The van der Waals surface area contributed by atoms with Crippen molar-refractivity contribution in [2.45, 2.75) is 36.8 Å². The number of hydrogen-bond acceptors (Lipinski definition) is 5. The Kier molecular flexibility index (Phi) is 6.20. The first-order valence-corrected chi connectivity index (χ1v) is 11.6. The molecule has 0 bridgehead atoms. The number of amides is 2. The summed E-state index contributed by atoms with van der Waals surface area (Å²) in [6, 6.07) is 15.8. The number of nitrogens with zero attached hydrogens (tertiary/aromatic N) is 1. The number of thiazole rings is 1. The molecule has 1 aliphatic rings. The van der Waals surface area contributed by atoms with Crippen LogP contribution in [0.3, 0.4) is 0 Å². The molecule has 1 aromatic heterocycles. The van der Waals surface area contributed by atoms with E-state index < -0.39 is 0 Å². The second-order valence-corrected chi connectivity index (χ2v) is 9.71. The predicted octanol–water partition coefficient (Wildman–Crippen LogP) is 5.59. The van der Waals surface area contributed by atoms with Gasteiger partial charge in [-0.3, -0.25) is 9.59 Å². The zero-order chi connectivity index (χ0) is 21.1. The van der Waals surface area contributed by atoms with Crippen LogP contribution < -0.4 is 10.6 Å². The lowest BCUT2D eigenvalue weighted by Crippen LogP contribution is -2.22. The number of hydrogen-bond donors (Lipinski definition) is 2. The summed E-state index contributed by atoms with van der Waals surface area (Å²) in [4.78, 5) is 29.9. The Morgan fingerprint density at radius 2 is 1.77 bits per heavy atom. The van der Waals surface area contributed by atoms with Crippen LogP contribution in [0.5, 0.6) is 0 Å². The molecule has 1 atom stereocenters. The zero-order valence-corrected chi connectivity index (χ0v) is 18.5. The molecule has 2 amide bonds. The van der Waals surface area contributed by atoms with Crippen LogP contribution in [0.15, 0.2) is 58.8 Å². The lowest BCUT2D eigenvalue weighted by Gasteiger charge is -2.11. The SMILES string of the molecule is Cc1ccc(-c2csc(NC(=O)C(C)Sc3ccc(NC(=O)C4CC4)cc3)n2)cc1. The lowest BCUT2D eigenvalue weighted by molar-refractivity contribution is -0.117. The van der Waals surface area contributed by atoms with Crippen LogP contribution in [0.4, 0.5) is 10.8 Å². The number of thioether (sulfide) groups is 1. The van der Waals surface area contributed by atoms with Crippen molar-refractivity contribution in [1.82, 2.24) is 4.98 Å². The first kappa shape index (κ1) is 20.6. The quantitative estimate of drug-likeness (QED) is 0.473. The molecule has 1 unspecified atom stereocenters. The van der Waals surface area contributed by atoms with Crippen molar-refractivity contribution in [1.29, 1.82) is 0 Å². The maximum Gasteiger partial charge on any atom is 0.239 e. The van der Waals surface area contributed by atoms with Gasteiger partial charge in [-0.05, 0) is 51.0 Å². The summed E-state index contributed by atoms with van der Waals surface area (Å²) in [6.45, 7) is 3.92. The summed E-state index contributed by atoms with van der Waals surface area (Å²) < 4.78 is 0. The van der Waals surface area contributed by atoms with Gasteiger partial charge in [-0.2, -0.15) is 0 Å². The Morgan fingerprint density at radius 1 is 1.07 bits per heavy atom. The van der Waals surface area contributed by atoms with Gasteiger partial charge in [0.2, 0.25) is 11.8 Å². The van der Waals surface area contributed by atoms with Crippen LogP contribution in [-0.4, -0.2) is 22.0 Å². The van der Waals surface area contributed by atoms with Gasteiger partial charge in [0, 0.05) is 27.4 Å². The van der Waals surface area contributed by atoms with Crippen molar-refractivity contribution in [2.24, 2.45) is 5.92 Å². The van der Waals surface area contributed by atoms with Crippen molar-refractivity contribution in [2.75, 3.05) is 10.6 Å². The summed E-state index contributed by atoms with van der Waals surface area (Å²) in [5.41, 5.74) is 3.89. The summed E-state index contributed by atoms with van der Waals surface area (Å²) in [7, 11) is 0. The molecule has 0 aliphatic heterocycles. The first-order valence-electron chi connectivity index (χ1n) is 9.89. The van der Waals surface area contributed by atoms with E-state index in [1.54, 1.807) is 0 Å². The molecule has 2 N–H and O–H groups in total. The minimum Gasteiger partial charge on any atom is -0.326 e. The van der Waals surface area contributed by atoms with Gasteiger partial charge in [0.05, 0.1) is 10.9 Å².